The smallest absolute Gasteiger partial charge is 0.328 e. The van der Waals surface area contributed by atoms with E-state index in [1.54, 1.807) is 19.1 Å². The molecule has 0 atom stereocenters. The van der Waals surface area contributed by atoms with Crippen LogP contribution in [-0.4, -0.2) is 44.7 Å². The van der Waals surface area contributed by atoms with Crippen molar-refractivity contribution in [3.63, 3.8) is 0 Å². The van der Waals surface area contributed by atoms with Crippen LogP contribution in [0.25, 0.3) is 0 Å². The minimum absolute atomic E-state index is 0.162. The highest BCUT2D eigenvalue weighted by atomic mass is 32.2. The molecule has 35 heavy (non-hydrogen) atoms. The molecule has 1 aliphatic carbocycles. The highest BCUT2D eigenvalue weighted by Gasteiger charge is 2.54. The van der Waals surface area contributed by atoms with Gasteiger partial charge in [-0.05, 0) is 87.4 Å². The topological polar surface area (TPSA) is 92.8 Å². The van der Waals surface area contributed by atoms with Gasteiger partial charge >= 0.3 is 5.97 Å². The lowest BCUT2D eigenvalue weighted by Gasteiger charge is -2.27. The summed E-state index contributed by atoms with van der Waals surface area (Å²) >= 11 is 0. The predicted octanol–water partition coefficient (Wildman–Crippen LogP) is 4.48. The Bertz CT molecular complexity index is 1230. The summed E-state index contributed by atoms with van der Waals surface area (Å²) in [4.78, 5) is 28.3. The van der Waals surface area contributed by atoms with Gasteiger partial charge in [-0.3, -0.25) is 9.59 Å². The molecular formula is C27H34N2O5S. The molecule has 1 saturated heterocycles. The van der Waals surface area contributed by atoms with Gasteiger partial charge in [0.25, 0.3) is 5.91 Å². The second kappa shape index (κ2) is 10.0. The summed E-state index contributed by atoms with van der Waals surface area (Å²) in [7, 11) is -3.99. The van der Waals surface area contributed by atoms with Gasteiger partial charge in [-0.15, -0.1) is 0 Å². The van der Waals surface area contributed by atoms with E-state index in [1.807, 2.05) is 38.1 Å². The van der Waals surface area contributed by atoms with Crippen molar-refractivity contribution in [3.05, 3.63) is 53.1 Å². The molecule has 2 aromatic rings. The molecule has 1 amide bonds. The van der Waals surface area contributed by atoms with Crippen LogP contribution in [0.2, 0.25) is 0 Å². The van der Waals surface area contributed by atoms with Gasteiger partial charge in [0.15, 0.2) is 21.2 Å². The molecule has 1 heterocycles. The molecule has 1 saturated carbocycles. The molecule has 8 heteroatoms. The number of esters is 1. The van der Waals surface area contributed by atoms with E-state index in [0.29, 0.717) is 24.1 Å². The highest BCUT2D eigenvalue weighted by molar-refractivity contribution is 7.93. The largest absolute Gasteiger partial charge is 0.454 e. The number of nitrogens with zero attached hydrogens (tertiary/aromatic N) is 1. The predicted molar refractivity (Wildman–Crippen MR) is 137 cm³/mol. The summed E-state index contributed by atoms with van der Waals surface area (Å²) in [6.07, 6.45) is 4.00. The lowest BCUT2D eigenvalue weighted by Crippen LogP contribution is -2.46. The second-order valence-electron chi connectivity index (χ2n) is 9.79. The minimum Gasteiger partial charge on any atom is -0.454 e. The van der Waals surface area contributed by atoms with Crippen molar-refractivity contribution in [1.82, 2.24) is 0 Å². The lowest BCUT2D eigenvalue weighted by molar-refractivity contribution is -0.149. The monoisotopic (exact) mass is 498 g/mol. The van der Waals surface area contributed by atoms with Gasteiger partial charge in [0, 0.05) is 24.5 Å². The third-order valence-electron chi connectivity index (χ3n) is 7.22. The number of rotatable bonds is 7. The number of carbonyl (C=O) groups excluding carboxylic acids is 2. The van der Waals surface area contributed by atoms with Crippen LogP contribution in [0, 0.1) is 20.8 Å². The zero-order valence-electron chi connectivity index (χ0n) is 20.7. The van der Waals surface area contributed by atoms with Crippen molar-refractivity contribution in [2.45, 2.75) is 68.9 Å². The van der Waals surface area contributed by atoms with Crippen LogP contribution >= 0.6 is 0 Å². The van der Waals surface area contributed by atoms with E-state index in [2.05, 4.69) is 10.2 Å². The zero-order chi connectivity index (χ0) is 25.2. The van der Waals surface area contributed by atoms with Gasteiger partial charge < -0.3 is 15.0 Å². The summed E-state index contributed by atoms with van der Waals surface area (Å²) in [6, 6.07) is 11.1. The Balaban J connectivity index is 1.45. The number of hydrogen-bond acceptors (Lipinski definition) is 6. The third kappa shape index (κ3) is 4.94. The Morgan fingerprint density at radius 2 is 1.63 bits per heavy atom. The quantitative estimate of drug-likeness (QED) is 0.566. The average molecular weight is 499 g/mol. The van der Waals surface area contributed by atoms with Gasteiger partial charge in [-0.2, -0.15) is 0 Å². The van der Waals surface area contributed by atoms with E-state index in [-0.39, 0.29) is 17.7 Å². The number of amides is 1. The first kappa shape index (κ1) is 25.2. The lowest BCUT2D eigenvalue weighted by atomic mass is 10.1. The molecule has 0 unspecified atom stereocenters. The van der Waals surface area contributed by atoms with E-state index in [1.165, 1.54) is 12.8 Å². The highest BCUT2D eigenvalue weighted by Crippen LogP contribution is 2.42. The second-order valence-corrected chi connectivity index (χ2v) is 12.0. The van der Waals surface area contributed by atoms with E-state index in [9.17, 15) is 18.0 Å². The van der Waals surface area contributed by atoms with Gasteiger partial charge in [0.1, 0.15) is 0 Å². The Labute approximate surface area is 207 Å². The van der Waals surface area contributed by atoms with E-state index >= 15 is 0 Å². The average Bonchev–Trinajstić information content (AvgIpc) is 3.53. The summed E-state index contributed by atoms with van der Waals surface area (Å²) in [5.74, 6) is -1.33. The van der Waals surface area contributed by atoms with Crippen molar-refractivity contribution in [3.8, 4) is 0 Å². The molecule has 0 spiro atoms. The van der Waals surface area contributed by atoms with Crippen LogP contribution in [0.4, 0.5) is 11.4 Å². The first-order valence-electron chi connectivity index (χ1n) is 12.3. The molecule has 2 fully saturated rings. The number of nitrogens with one attached hydrogen (secondary N) is 1. The number of benzene rings is 2. The maximum absolute atomic E-state index is 13.7. The molecule has 4 rings (SSSR count). The Kier molecular flexibility index (Phi) is 7.22. The van der Waals surface area contributed by atoms with Crippen LogP contribution in [0.3, 0.4) is 0 Å². The summed E-state index contributed by atoms with van der Waals surface area (Å²) < 4.78 is 31.1. The molecule has 7 nitrogen and oxygen atoms in total. The number of carbonyl (C=O) groups is 2. The van der Waals surface area contributed by atoms with Crippen LogP contribution in [-0.2, 0) is 24.2 Å². The Morgan fingerprint density at radius 3 is 2.29 bits per heavy atom. The molecule has 0 aromatic heterocycles. The molecule has 1 N–H and O–H groups in total. The number of ether oxygens (including phenoxy) is 1. The van der Waals surface area contributed by atoms with Crippen molar-refractivity contribution in [2.75, 3.05) is 29.9 Å². The molecule has 2 aromatic carbocycles. The molecule has 188 valence electrons. The van der Waals surface area contributed by atoms with E-state index in [4.69, 9.17) is 4.74 Å². The van der Waals surface area contributed by atoms with Gasteiger partial charge in [0.05, 0.1) is 4.90 Å². The number of hydrogen-bond donors (Lipinski definition) is 1. The summed E-state index contributed by atoms with van der Waals surface area (Å²) in [5, 5.41) is 2.79. The van der Waals surface area contributed by atoms with Gasteiger partial charge in [-0.1, -0.05) is 25.0 Å². The molecule has 0 radical (unpaired) electrons. The fourth-order valence-corrected chi connectivity index (χ4v) is 7.50. The van der Waals surface area contributed by atoms with Crippen LogP contribution < -0.4 is 10.2 Å². The molecule has 2 aliphatic rings. The maximum atomic E-state index is 13.7. The SMILES string of the molecule is Cc1ccc(C)c(S(=O)(=O)C2(C(=O)OCC(=O)Nc3ccc(N4CCCC4)cc3C)CCCC2)c1. The van der Waals surface area contributed by atoms with Gasteiger partial charge in [-0.25, -0.2) is 8.42 Å². The molecule has 0 bridgehead atoms. The van der Waals surface area contributed by atoms with E-state index in [0.717, 1.165) is 29.9 Å². The first-order chi connectivity index (χ1) is 16.6. The number of aryl methyl sites for hydroxylation is 3. The standard InChI is InChI=1S/C27H34N2O5S/c1-19-8-9-20(2)24(16-19)35(32,33)27(12-4-5-13-27)26(31)34-18-25(30)28-23-11-10-22(17-21(23)3)29-14-6-7-15-29/h8-11,16-17H,4-7,12-15,18H2,1-3H3,(H,28,30). The molecule has 1 aliphatic heterocycles. The number of anilines is 2. The maximum Gasteiger partial charge on any atom is 0.328 e. The fourth-order valence-electron chi connectivity index (χ4n) is 5.15. The minimum atomic E-state index is -3.99. The van der Waals surface area contributed by atoms with Crippen molar-refractivity contribution >= 4 is 33.1 Å². The Morgan fingerprint density at radius 1 is 0.943 bits per heavy atom. The fraction of sp³-hybridized carbons (Fsp3) is 0.481. The van der Waals surface area contributed by atoms with Crippen molar-refractivity contribution < 1.29 is 22.7 Å². The van der Waals surface area contributed by atoms with Crippen molar-refractivity contribution in [1.29, 1.82) is 0 Å². The van der Waals surface area contributed by atoms with E-state index < -0.39 is 33.1 Å². The number of sulfone groups is 1. The van der Waals surface area contributed by atoms with Crippen LogP contribution in [0.1, 0.15) is 55.2 Å². The normalized spacial score (nSPS) is 17.4. The molecular weight excluding hydrogens is 464 g/mol. The van der Waals surface area contributed by atoms with Gasteiger partial charge in [0.2, 0.25) is 0 Å². The summed E-state index contributed by atoms with van der Waals surface area (Å²) in [6.45, 7) is 7.01. The van der Waals surface area contributed by atoms with Crippen LogP contribution in [0.5, 0.6) is 0 Å². The zero-order valence-corrected chi connectivity index (χ0v) is 21.5. The Hall–Kier alpha value is -2.87. The summed E-state index contributed by atoms with van der Waals surface area (Å²) in [5.41, 5.74) is 4.09. The van der Waals surface area contributed by atoms with Crippen molar-refractivity contribution in [2.24, 2.45) is 0 Å². The third-order valence-corrected chi connectivity index (χ3v) is 9.84. The first-order valence-corrected chi connectivity index (χ1v) is 13.8. The van der Waals surface area contributed by atoms with Crippen LogP contribution in [0.15, 0.2) is 41.3 Å².